The maximum atomic E-state index is 13.5. The highest BCUT2D eigenvalue weighted by Gasteiger charge is 2.40. The zero-order chi connectivity index (χ0) is 21.0. The molecule has 0 aliphatic rings. The molecule has 3 aromatic rings. The molecule has 0 radical (unpaired) electrons. The summed E-state index contributed by atoms with van der Waals surface area (Å²) in [5, 5.41) is 5.99. The van der Waals surface area contributed by atoms with Crippen LogP contribution < -0.4 is 14.8 Å². The first-order chi connectivity index (χ1) is 13.8. The van der Waals surface area contributed by atoms with Crippen molar-refractivity contribution in [2.24, 2.45) is 0 Å². The van der Waals surface area contributed by atoms with Crippen LogP contribution in [0.15, 0.2) is 54.7 Å². The number of amides is 1. The Morgan fingerprint density at radius 2 is 1.76 bits per heavy atom. The van der Waals surface area contributed by atoms with Gasteiger partial charge in [-0.25, -0.2) is 13.9 Å². The molecule has 1 N–H and O–H groups in total. The van der Waals surface area contributed by atoms with Gasteiger partial charge in [-0.1, -0.05) is 12.1 Å². The van der Waals surface area contributed by atoms with Gasteiger partial charge in [0.1, 0.15) is 11.6 Å². The van der Waals surface area contributed by atoms with Crippen molar-refractivity contribution in [1.29, 1.82) is 0 Å². The number of alkyl halides is 3. The highest BCUT2D eigenvalue weighted by atomic mass is 19.4. The van der Waals surface area contributed by atoms with Crippen LogP contribution in [0.4, 0.5) is 22.4 Å². The van der Waals surface area contributed by atoms with E-state index < -0.39 is 29.5 Å². The standard InChI is InChI=1S/C19H15F4N3O3/c1-28-15-8-2-12(3-9-15)10-24-18(27)29-16-11-25-26(17(16)19(21,22)23)14-6-4-13(20)5-7-14/h2-9,11H,10H2,1H3,(H,24,27). The van der Waals surface area contributed by atoms with Crippen molar-refractivity contribution >= 4 is 6.09 Å². The van der Waals surface area contributed by atoms with Gasteiger partial charge in [0.15, 0.2) is 11.4 Å². The second kappa shape index (κ2) is 8.21. The summed E-state index contributed by atoms with van der Waals surface area (Å²) in [5.74, 6) is -0.753. The Morgan fingerprint density at radius 3 is 2.34 bits per heavy atom. The van der Waals surface area contributed by atoms with Crippen LogP contribution in [-0.4, -0.2) is 23.0 Å². The number of hydrogen-bond donors (Lipinski definition) is 1. The lowest BCUT2D eigenvalue weighted by molar-refractivity contribution is -0.143. The Balaban J connectivity index is 1.75. The van der Waals surface area contributed by atoms with Gasteiger partial charge in [-0.05, 0) is 42.0 Å². The van der Waals surface area contributed by atoms with Crippen molar-refractivity contribution in [3.63, 3.8) is 0 Å². The van der Waals surface area contributed by atoms with E-state index in [1.165, 1.54) is 7.11 Å². The van der Waals surface area contributed by atoms with Crippen LogP contribution in [0, 0.1) is 5.82 Å². The van der Waals surface area contributed by atoms with E-state index in [0.717, 1.165) is 30.5 Å². The van der Waals surface area contributed by atoms with Gasteiger partial charge in [-0.15, -0.1) is 0 Å². The number of rotatable bonds is 5. The number of carbonyl (C=O) groups is 1. The fourth-order valence-corrected chi connectivity index (χ4v) is 2.50. The molecule has 10 heteroatoms. The van der Waals surface area contributed by atoms with E-state index >= 15 is 0 Å². The van der Waals surface area contributed by atoms with E-state index in [2.05, 4.69) is 10.4 Å². The van der Waals surface area contributed by atoms with Crippen molar-refractivity contribution in [2.75, 3.05) is 7.11 Å². The van der Waals surface area contributed by atoms with Crippen LogP contribution in [0.3, 0.4) is 0 Å². The molecule has 0 aliphatic carbocycles. The summed E-state index contributed by atoms with van der Waals surface area (Å²) in [7, 11) is 1.51. The number of nitrogens with one attached hydrogen (secondary N) is 1. The molecule has 0 atom stereocenters. The first-order valence-corrected chi connectivity index (χ1v) is 8.27. The fourth-order valence-electron chi connectivity index (χ4n) is 2.50. The summed E-state index contributed by atoms with van der Waals surface area (Å²) in [6, 6.07) is 11.0. The molecular formula is C19H15F4N3O3. The van der Waals surface area contributed by atoms with Gasteiger partial charge in [-0.2, -0.15) is 18.3 Å². The Hall–Kier alpha value is -3.56. The van der Waals surface area contributed by atoms with Crippen LogP contribution in [0.2, 0.25) is 0 Å². The quantitative estimate of drug-likeness (QED) is 0.638. The van der Waals surface area contributed by atoms with Gasteiger partial charge in [0.25, 0.3) is 0 Å². The van der Waals surface area contributed by atoms with Crippen LogP contribution >= 0.6 is 0 Å². The van der Waals surface area contributed by atoms with Gasteiger partial charge in [0.05, 0.1) is 19.0 Å². The number of benzene rings is 2. The van der Waals surface area contributed by atoms with E-state index in [1.54, 1.807) is 24.3 Å². The summed E-state index contributed by atoms with van der Waals surface area (Å²) in [5.41, 5.74) is -0.628. The minimum atomic E-state index is -4.86. The normalized spacial score (nSPS) is 11.2. The van der Waals surface area contributed by atoms with Crippen molar-refractivity contribution < 1.29 is 31.8 Å². The Labute approximate surface area is 162 Å². The molecule has 3 rings (SSSR count). The second-order valence-corrected chi connectivity index (χ2v) is 5.83. The molecule has 0 unspecified atom stereocenters. The number of methoxy groups -OCH3 is 1. The SMILES string of the molecule is COc1ccc(CNC(=O)Oc2cnn(-c3ccc(F)cc3)c2C(F)(F)F)cc1. The molecule has 152 valence electrons. The maximum absolute atomic E-state index is 13.5. The Kier molecular flexibility index (Phi) is 5.71. The minimum Gasteiger partial charge on any atom is -0.497 e. The Bertz CT molecular complexity index is 983. The highest BCUT2D eigenvalue weighted by Crippen LogP contribution is 2.37. The molecule has 0 saturated carbocycles. The summed E-state index contributed by atoms with van der Waals surface area (Å²) >= 11 is 0. The van der Waals surface area contributed by atoms with Crippen molar-refractivity contribution in [1.82, 2.24) is 15.1 Å². The number of carbonyl (C=O) groups excluding carboxylic acids is 1. The van der Waals surface area contributed by atoms with Crippen LogP contribution in [0.25, 0.3) is 5.69 Å². The molecule has 0 saturated heterocycles. The van der Waals surface area contributed by atoms with Crippen molar-refractivity contribution in [3.05, 3.63) is 71.8 Å². The summed E-state index contributed by atoms with van der Waals surface area (Å²) in [6.07, 6.45) is -5.17. The first-order valence-electron chi connectivity index (χ1n) is 8.27. The zero-order valence-electron chi connectivity index (χ0n) is 15.0. The first kappa shape index (κ1) is 20.2. The molecule has 0 spiro atoms. The Morgan fingerprint density at radius 1 is 1.10 bits per heavy atom. The monoisotopic (exact) mass is 409 g/mol. The maximum Gasteiger partial charge on any atom is 0.437 e. The van der Waals surface area contributed by atoms with E-state index in [4.69, 9.17) is 9.47 Å². The van der Waals surface area contributed by atoms with Crippen LogP contribution in [0.1, 0.15) is 11.3 Å². The average Bonchev–Trinajstić information content (AvgIpc) is 3.11. The molecule has 1 heterocycles. The zero-order valence-corrected chi connectivity index (χ0v) is 15.0. The summed E-state index contributed by atoms with van der Waals surface area (Å²) in [6.45, 7) is 0.0380. The number of ether oxygens (including phenoxy) is 2. The lowest BCUT2D eigenvalue weighted by atomic mass is 10.2. The minimum absolute atomic E-state index is 0.0350. The van der Waals surface area contributed by atoms with Gasteiger partial charge in [0.2, 0.25) is 0 Å². The number of aromatic nitrogens is 2. The van der Waals surface area contributed by atoms with Gasteiger partial charge in [0, 0.05) is 6.54 Å². The van der Waals surface area contributed by atoms with Crippen LogP contribution in [-0.2, 0) is 12.7 Å². The molecule has 0 fully saturated rings. The fraction of sp³-hybridized carbons (Fsp3) is 0.158. The smallest absolute Gasteiger partial charge is 0.437 e. The third-order valence-electron chi connectivity index (χ3n) is 3.87. The third kappa shape index (κ3) is 4.84. The topological polar surface area (TPSA) is 65.4 Å². The van der Waals surface area contributed by atoms with Gasteiger partial charge >= 0.3 is 12.3 Å². The number of hydrogen-bond acceptors (Lipinski definition) is 4. The molecular weight excluding hydrogens is 394 g/mol. The van der Waals surface area contributed by atoms with Gasteiger partial charge in [-0.3, -0.25) is 0 Å². The van der Waals surface area contributed by atoms with Crippen molar-refractivity contribution in [2.45, 2.75) is 12.7 Å². The predicted octanol–water partition coefficient (Wildman–Crippen LogP) is 4.33. The lowest BCUT2D eigenvalue weighted by Gasteiger charge is -2.13. The number of halogens is 4. The lowest BCUT2D eigenvalue weighted by Crippen LogP contribution is -2.27. The summed E-state index contributed by atoms with van der Waals surface area (Å²) in [4.78, 5) is 12.0. The molecule has 6 nitrogen and oxygen atoms in total. The average molecular weight is 409 g/mol. The largest absolute Gasteiger partial charge is 0.497 e. The molecule has 0 aliphatic heterocycles. The summed E-state index contributed by atoms with van der Waals surface area (Å²) < 4.78 is 64.0. The molecule has 29 heavy (non-hydrogen) atoms. The predicted molar refractivity (Wildman–Crippen MR) is 94.4 cm³/mol. The van der Waals surface area contributed by atoms with E-state index in [0.29, 0.717) is 16.0 Å². The van der Waals surface area contributed by atoms with Crippen LogP contribution in [0.5, 0.6) is 11.5 Å². The molecule has 2 aromatic carbocycles. The third-order valence-corrected chi connectivity index (χ3v) is 3.87. The van der Waals surface area contributed by atoms with E-state index in [9.17, 15) is 22.4 Å². The van der Waals surface area contributed by atoms with Crippen molar-refractivity contribution in [3.8, 4) is 17.2 Å². The second-order valence-electron chi connectivity index (χ2n) is 5.83. The number of nitrogens with zero attached hydrogens (tertiary/aromatic N) is 2. The molecule has 0 bridgehead atoms. The highest BCUT2D eigenvalue weighted by molar-refractivity contribution is 5.70. The van der Waals surface area contributed by atoms with Gasteiger partial charge < -0.3 is 14.8 Å². The molecule has 1 aromatic heterocycles. The van der Waals surface area contributed by atoms with E-state index in [-0.39, 0.29) is 12.2 Å². The molecule has 1 amide bonds. The van der Waals surface area contributed by atoms with E-state index in [1.807, 2.05) is 0 Å².